The van der Waals surface area contributed by atoms with Gasteiger partial charge >= 0.3 is 24.2 Å². The Morgan fingerprint density at radius 2 is 1.63 bits per heavy atom. The number of piperidine rings is 1. The molecule has 2 aromatic carbocycles. The predicted molar refractivity (Wildman–Crippen MR) is 121 cm³/mol. The Bertz CT molecular complexity index is 1130. The minimum Gasteiger partial charge on any atom is -0.474 e. The minimum absolute atomic E-state index is 0.0460. The van der Waals surface area contributed by atoms with Crippen molar-refractivity contribution in [2.75, 3.05) is 20.1 Å². The fraction of sp³-hybridized carbons (Fsp3) is 0.400. The van der Waals surface area contributed by atoms with Crippen LogP contribution in [0.25, 0.3) is 0 Å². The Kier molecular flexibility index (Phi) is 9.87. The normalized spacial score (nSPS) is 15.8. The number of carbonyl (C=O) groups excluding carboxylic acids is 2. The Labute approximate surface area is 213 Å². The van der Waals surface area contributed by atoms with Gasteiger partial charge < -0.3 is 14.9 Å². The smallest absolute Gasteiger partial charge is 0.416 e. The molecule has 0 aliphatic carbocycles. The van der Waals surface area contributed by atoms with E-state index in [1.807, 2.05) is 6.92 Å². The van der Waals surface area contributed by atoms with Gasteiger partial charge in [-0.1, -0.05) is 6.07 Å². The number of likely N-dealkylation sites (tertiary alicyclic amines) is 1. The predicted octanol–water partition coefficient (Wildman–Crippen LogP) is 5.24. The van der Waals surface area contributed by atoms with E-state index >= 15 is 0 Å². The summed E-state index contributed by atoms with van der Waals surface area (Å²) >= 11 is 0. The first-order valence-electron chi connectivity index (χ1n) is 11.2. The van der Waals surface area contributed by atoms with Gasteiger partial charge in [-0.15, -0.1) is 0 Å². The second-order valence-corrected chi connectivity index (χ2v) is 8.83. The van der Waals surface area contributed by atoms with Crippen LogP contribution in [-0.4, -0.2) is 53.3 Å². The number of carboxylic acid groups (broad SMARTS) is 1. The zero-order valence-corrected chi connectivity index (χ0v) is 20.4. The summed E-state index contributed by atoms with van der Waals surface area (Å²) in [6.07, 6.45) is -7.80. The number of nitrogens with zero attached hydrogens (tertiary/aromatic N) is 2. The summed E-state index contributed by atoms with van der Waals surface area (Å²) < 4.78 is 88.1. The van der Waals surface area contributed by atoms with Crippen LogP contribution in [0.2, 0.25) is 0 Å². The van der Waals surface area contributed by atoms with E-state index in [2.05, 4.69) is 0 Å². The van der Waals surface area contributed by atoms with Crippen LogP contribution in [0.5, 0.6) is 0 Å². The minimum atomic E-state index is -4.88. The number of carboxylic acids is 1. The third kappa shape index (κ3) is 8.45. The number of carbonyl (C=O) groups is 3. The second-order valence-electron chi connectivity index (χ2n) is 8.83. The highest BCUT2D eigenvalue weighted by Crippen LogP contribution is 2.36. The van der Waals surface area contributed by atoms with Gasteiger partial charge in [0.15, 0.2) is 0 Å². The van der Waals surface area contributed by atoms with Gasteiger partial charge in [-0.2, -0.15) is 26.3 Å². The molecule has 1 aliphatic rings. The molecule has 0 bridgehead atoms. The first-order chi connectivity index (χ1) is 17.5. The van der Waals surface area contributed by atoms with Crippen LogP contribution in [0.3, 0.4) is 0 Å². The quantitative estimate of drug-likeness (QED) is 0.321. The molecule has 2 aromatic rings. The van der Waals surface area contributed by atoms with Crippen LogP contribution in [-0.2, 0) is 33.3 Å². The van der Waals surface area contributed by atoms with E-state index in [0.29, 0.717) is 31.6 Å². The lowest BCUT2D eigenvalue weighted by Crippen LogP contribution is -2.42. The van der Waals surface area contributed by atoms with Crippen molar-refractivity contribution < 1.29 is 50.2 Å². The molecule has 13 heteroatoms. The highest BCUT2D eigenvalue weighted by atomic mass is 19.4. The van der Waals surface area contributed by atoms with Crippen molar-refractivity contribution in [1.82, 2.24) is 9.80 Å². The summed E-state index contributed by atoms with van der Waals surface area (Å²) in [6, 6.07) is 5.83. The van der Waals surface area contributed by atoms with Crippen LogP contribution in [0, 0.1) is 12.7 Å². The SMILES string of the molecule is CN(C=O)Cc1cc(C(F)(F)F)cc(C(F)(F)F)c1.Cc1cc(F)ccc1C1CCCN(C(=O)C(=O)O)C1. The van der Waals surface area contributed by atoms with E-state index < -0.39 is 35.4 Å². The van der Waals surface area contributed by atoms with Gasteiger partial charge in [0.2, 0.25) is 6.41 Å². The Hall–Kier alpha value is -3.64. The zero-order valence-electron chi connectivity index (χ0n) is 20.4. The molecule has 1 heterocycles. The number of halogens is 7. The van der Waals surface area contributed by atoms with Crippen LogP contribution in [0.15, 0.2) is 36.4 Å². The summed E-state index contributed by atoms with van der Waals surface area (Å²) in [5.41, 5.74) is -1.19. The van der Waals surface area contributed by atoms with Crippen LogP contribution < -0.4 is 0 Å². The van der Waals surface area contributed by atoms with Crippen molar-refractivity contribution in [2.45, 2.75) is 44.6 Å². The van der Waals surface area contributed by atoms with Gasteiger partial charge in [-0.3, -0.25) is 9.59 Å². The summed E-state index contributed by atoms with van der Waals surface area (Å²) in [7, 11) is 1.25. The van der Waals surface area contributed by atoms with Crippen molar-refractivity contribution in [3.05, 3.63) is 70.0 Å². The number of rotatable bonds is 4. The summed E-state index contributed by atoms with van der Waals surface area (Å²) in [5, 5.41) is 8.74. The number of amides is 2. The van der Waals surface area contributed by atoms with E-state index in [9.17, 15) is 45.1 Å². The molecule has 1 N–H and O–H groups in total. The molecule has 2 amide bonds. The first kappa shape index (κ1) is 30.6. The molecule has 1 fully saturated rings. The van der Waals surface area contributed by atoms with Crippen molar-refractivity contribution in [2.24, 2.45) is 0 Å². The fourth-order valence-corrected chi connectivity index (χ4v) is 4.08. The van der Waals surface area contributed by atoms with Crippen LogP contribution in [0.4, 0.5) is 30.7 Å². The molecule has 1 unspecified atom stereocenters. The third-order valence-electron chi connectivity index (χ3n) is 5.82. The van der Waals surface area contributed by atoms with E-state index in [-0.39, 0.29) is 29.9 Å². The molecule has 1 aliphatic heterocycles. The summed E-state index contributed by atoms with van der Waals surface area (Å²) in [5.74, 6) is -2.48. The molecule has 0 saturated carbocycles. The molecule has 1 saturated heterocycles. The lowest BCUT2D eigenvalue weighted by Gasteiger charge is -2.32. The maximum atomic E-state index is 13.1. The fourth-order valence-electron chi connectivity index (χ4n) is 4.08. The van der Waals surface area contributed by atoms with E-state index in [1.165, 1.54) is 24.1 Å². The second kappa shape index (κ2) is 12.3. The average Bonchev–Trinajstić information content (AvgIpc) is 2.82. The lowest BCUT2D eigenvalue weighted by atomic mass is 9.88. The van der Waals surface area contributed by atoms with E-state index in [1.54, 1.807) is 6.07 Å². The molecule has 38 heavy (non-hydrogen) atoms. The van der Waals surface area contributed by atoms with Crippen molar-refractivity contribution >= 4 is 18.3 Å². The van der Waals surface area contributed by atoms with Gasteiger partial charge in [0.1, 0.15) is 5.82 Å². The molecule has 1 atom stereocenters. The molecule has 0 aromatic heterocycles. The van der Waals surface area contributed by atoms with E-state index in [4.69, 9.17) is 5.11 Å². The number of alkyl halides is 6. The molecule has 6 nitrogen and oxygen atoms in total. The van der Waals surface area contributed by atoms with Gasteiger partial charge in [0.25, 0.3) is 0 Å². The monoisotopic (exact) mass is 550 g/mol. The topological polar surface area (TPSA) is 77.9 Å². The van der Waals surface area contributed by atoms with Gasteiger partial charge in [-0.25, -0.2) is 9.18 Å². The Morgan fingerprint density at radius 3 is 2.11 bits per heavy atom. The summed E-state index contributed by atoms with van der Waals surface area (Å²) in [6.45, 7) is 2.35. The van der Waals surface area contributed by atoms with E-state index in [0.717, 1.165) is 28.9 Å². The summed E-state index contributed by atoms with van der Waals surface area (Å²) in [4.78, 5) is 34.8. The highest BCUT2D eigenvalue weighted by Gasteiger charge is 2.37. The number of hydrogen-bond donors (Lipinski definition) is 1. The third-order valence-corrected chi connectivity index (χ3v) is 5.82. The molecule has 3 rings (SSSR count). The number of benzene rings is 2. The standard InChI is InChI=1S/C14H16FNO3.C11H9F6NO/c1-9-7-11(15)4-5-12(9)10-3-2-6-16(8-10)13(17)14(18)19;1-18(6-19)5-7-2-8(10(12,13)14)4-9(3-7)11(15,16)17/h4-5,7,10H,2-3,6,8H2,1H3,(H,18,19);2-4,6H,5H2,1H3. The largest absolute Gasteiger partial charge is 0.474 e. The van der Waals surface area contributed by atoms with Gasteiger partial charge in [-0.05, 0) is 66.8 Å². The van der Waals surface area contributed by atoms with Crippen molar-refractivity contribution in [1.29, 1.82) is 0 Å². The lowest BCUT2D eigenvalue weighted by molar-refractivity contribution is -0.156. The molecular formula is C25H25F7N2O4. The molecule has 0 radical (unpaired) electrons. The average molecular weight is 550 g/mol. The van der Waals surface area contributed by atoms with Crippen LogP contribution >= 0.6 is 0 Å². The van der Waals surface area contributed by atoms with Crippen molar-refractivity contribution in [3.8, 4) is 0 Å². The Balaban J connectivity index is 0.000000267. The maximum Gasteiger partial charge on any atom is 0.416 e. The molecule has 208 valence electrons. The highest BCUT2D eigenvalue weighted by molar-refractivity contribution is 6.31. The maximum absolute atomic E-state index is 13.1. The zero-order chi connectivity index (χ0) is 28.8. The molecular weight excluding hydrogens is 525 g/mol. The van der Waals surface area contributed by atoms with Gasteiger partial charge in [0.05, 0.1) is 11.1 Å². The first-order valence-corrected chi connectivity index (χ1v) is 11.2. The number of aliphatic carboxylic acids is 1. The Morgan fingerprint density at radius 1 is 1.05 bits per heavy atom. The van der Waals surface area contributed by atoms with Crippen LogP contribution in [0.1, 0.15) is 46.6 Å². The van der Waals surface area contributed by atoms with Gasteiger partial charge in [0, 0.05) is 32.6 Å². The molecule has 0 spiro atoms. The number of hydrogen-bond acceptors (Lipinski definition) is 3. The van der Waals surface area contributed by atoms with Crippen molar-refractivity contribution in [3.63, 3.8) is 0 Å². The number of aryl methyl sites for hydroxylation is 1.